The lowest BCUT2D eigenvalue weighted by molar-refractivity contribution is 0.0599. The van der Waals surface area contributed by atoms with Crippen LogP contribution in [0.15, 0.2) is 34.7 Å². The van der Waals surface area contributed by atoms with Crippen LogP contribution in [0.3, 0.4) is 0 Å². The second kappa shape index (κ2) is 6.95. The van der Waals surface area contributed by atoms with Crippen LogP contribution in [0, 0.1) is 6.92 Å². The first-order chi connectivity index (χ1) is 10.1. The molecular formula is C16H19NO4. The van der Waals surface area contributed by atoms with Crippen molar-refractivity contribution in [3.05, 3.63) is 53.0 Å². The SMILES string of the molecule is COC(=O)c1cc(CNCc2ccc(OC)cc2)oc1C. The molecule has 0 amide bonds. The van der Waals surface area contributed by atoms with Gasteiger partial charge in [0, 0.05) is 6.54 Å². The summed E-state index contributed by atoms with van der Waals surface area (Å²) >= 11 is 0. The number of ether oxygens (including phenoxy) is 2. The van der Waals surface area contributed by atoms with E-state index in [1.165, 1.54) is 7.11 Å². The van der Waals surface area contributed by atoms with Gasteiger partial charge in [-0.25, -0.2) is 4.79 Å². The van der Waals surface area contributed by atoms with Gasteiger partial charge in [-0.3, -0.25) is 0 Å². The summed E-state index contributed by atoms with van der Waals surface area (Å²) in [5, 5.41) is 3.27. The predicted molar refractivity (Wildman–Crippen MR) is 78.3 cm³/mol. The third-order valence-electron chi connectivity index (χ3n) is 3.16. The van der Waals surface area contributed by atoms with Crippen molar-refractivity contribution < 1.29 is 18.7 Å². The van der Waals surface area contributed by atoms with Crippen molar-refractivity contribution in [2.75, 3.05) is 14.2 Å². The Balaban J connectivity index is 1.89. The van der Waals surface area contributed by atoms with Gasteiger partial charge in [0.15, 0.2) is 0 Å². The van der Waals surface area contributed by atoms with E-state index in [1.54, 1.807) is 20.1 Å². The lowest BCUT2D eigenvalue weighted by atomic mass is 10.2. The summed E-state index contributed by atoms with van der Waals surface area (Å²) in [6.07, 6.45) is 0. The lowest BCUT2D eigenvalue weighted by Gasteiger charge is -2.04. The molecule has 1 aromatic carbocycles. The molecule has 0 radical (unpaired) electrons. The average molecular weight is 289 g/mol. The van der Waals surface area contributed by atoms with E-state index >= 15 is 0 Å². The first-order valence-corrected chi connectivity index (χ1v) is 6.65. The number of carbonyl (C=O) groups is 1. The van der Waals surface area contributed by atoms with Gasteiger partial charge in [0.25, 0.3) is 0 Å². The first-order valence-electron chi connectivity index (χ1n) is 6.65. The number of nitrogens with one attached hydrogen (secondary N) is 1. The van der Waals surface area contributed by atoms with Gasteiger partial charge in [-0.15, -0.1) is 0 Å². The molecule has 2 rings (SSSR count). The van der Waals surface area contributed by atoms with Crippen LogP contribution in [0.2, 0.25) is 0 Å². The summed E-state index contributed by atoms with van der Waals surface area (Å²) in [6, 6.07) is 9.55. The Labute approximate surface area is 123 Å². The van der Waals surface area contributed by atoms with Crippen LogP contribution in [0.25, 0.3) is 0 Å². The topological polar surface area (TPSA) is 60.7 Å². The van der Waals surface area contributed by atoms with E-state index in [0.29, 0.717) is 30.2 Å². The summed E-state index contributed by atoms with van der Waals surface area (Å²) in [7, 11) is 3.00. The van der Waals surface area contributed by atoms with Crippen LogP contribution in [0.1, 0.15) is 27.4 Å². The smallest absolute Gasteiger partial charge is 0.341 e. The van der Waals surface area contributed by atoms with Crippen molar-refractivity contribution in [1.29, 1.82) is 0 Å². The summed E-state index contributed by atoms with van der Waals surface area (Å²) < 4.78 is 15.3. The quantitative estimate of drug-likeness (QED) is 0.828. The molecule has 0 aliphatic carbocycles. The maximum atomic E-state index is 11.5. The Hall–Kier alpha value is -2.27. The molecule has 0 saturated heterocycles. The van der Waals surface area contributed by atoms with E-state index in [1.807, 2.05) is 24.3 Å². The molecular weight excluding hydrogens is 270 g/mol. The molecule has 5 nitrogen and oxygen atoms in total. The maximum absolute atomic E-state index is 11.5. The molecule has 2 aromatic rings. The third kappa shape index (κ3) is 3.86. The van der Waals surface area contributed by atoms with Crippen LogP contribution < -0.4 is 10.1 Å². The van der Waals surface area contributed by atoms with E-state index in [9.17, 15) is 4.79 Å². The molecule has 21 heavy (non-hydrogen) atoms. The van der Waals surface area contributed by atoms with Gasteiger partial charge >= 0.3 is 5.97 Å². The number of hydrogen-bond donors (Lipinski definition) is 1. The average Bonchev–Trinajstić information content (AvgIpc) is 2.88. The molecule has 0 bridgehead atoms. The highest BCUT2D eigenvalue weighted by atomic mass is 16.5. The third-order valence-corrected chi connectivity index (χ3v) is 3.16. The zero-order valence-corrected chi connectivity index (χ0v) is 12.4. The molecule has 0 atom stereocenters. The zero-order valence-electron chi connectivity index (χ0n) is 12.4. The zero-order chi connectivity index (χ0) is 15.2. The van der Waals surface area contributed by atoms with Crippen molar-refractivity contribution in [3.63, 3.8) is 0 Å². The standard InChI is InChI=1S/C16H19NO4/c1-11-15(16(18)20-3)8-14(21-11)10-17-9-12-4-6-13(19-2)7-5-12/h4-8,17H,9-10H2,1-3H3. The summed E-state index contributed by atoms with van der Waals surface area (Å²) in [5.41, 5.74) is 1.62. The second-order valence-electron chi connectivity index (χ2n) is 4.63. The van der Waals surface area contributed by atoms with Crippen LogP contribution in [0.4, 0.5) is 0 Å². The van der Waals surface area contributed by atoms with Crippen molar-refractivity contribution in [2.24, 2.45) is 0 Å². The van der Waals surface area contributed by atoms with Gasteiger partial charge < -0.3 is 19.2 Å². The van der Waals surface area contributed by atoms with E-state index in [0.717, 1.165) is 11.3 Å². The minimum atomic E-state index is -0.377. The van der Waals surface area contributed by atoms with Gasteiger partial charge in [-0.1, -0.05) is 12.1 Å². The van der Waals surface area contributed by atoms with Crippen LogP contribution in [-0.2, 0) is 17.8 Å². The second-order valence-corrected chi connectivity index (χ2v) is 4.63. The Morgan fingerprint density at radius 3 is 2.52 bits per heavy atom. The van der Waals surface area contributed by atoms with Gasteiger partial charge in [0.1, 0.15) is 22.8 Å². The fourth-order valence-electron chi connectivity index (χ4n) is 2.02. The largest absolute Gasteiger partial charge is 0.497 e. The number of rotatable bonds is 6. The Bertz CT molecular complexity index is 601. The molecule has 0 aliphatic heterocycles. The number of methoxy groups -OCH3 is 2. The normalized spacial score (nSPS) is 10.4. The van der Waals surface area contributed by atoms with Gasteiger partial charge in [-0.05, 0) is 30.7 Å². The number of benzene rings is 1. The van der Waals surface area contributed by atoms with E-state index in [-0.39, 0.29) is 5.97 Å². The van der Waals surface area contributed by atoms with Crippen LogP contribution in [-0.4, -0.2) is 20.2 Å². The molecule has 0 spiro atoms. The minimum absolute atomic E-state index is 0.377. The van der Waals surface area contributed by atoms with Crippen LogP contribution >= 0.6 is 0 Å². The minimum Gasteiger partial charge on any atom is -0.497 e. The van der Waals surface area contributed by atoms with Gasteiger partial charge in [0.05, 0.1) is 20.8 Å². The number of carbonyl (C=O) groups excluding carboxylic acids is 1. The number of aryl methyl sites for hydroxylation is 1. The monoisotopic (exact) mass is 289 g/mol. The fourth-order valence-corrected chi connectivity index (χ4v) is 2.02. The number of esters is 1. The van der Waals surface area contributed by atoms with Crippen molar-refractivity contribution in [2.45, 2.75) is 20.0 Å². The Morgan fingerprint density at radius 2 is 1.90 bits per heavy atom. The predicted octanol–water partition coefficient (Wildman–Crippen LogP) is 2.67. The molecule has 0 unspecified atom stereocenters. The van der Waals surface area contributed by atoms with E-state index < -0.39 is 0 Å². The highest BCUT2D eigenvalue weighted by Gasteiger charge is 2.14. The summed E-state index contributed by atoms with van der Waals surface area (Å²) in [5.74, 6) is 1.74. The highest BCUT2D eigenvalue weighted by Crippen LogP contribution is 2.16. The van der Waals surface area contributed by atoms with E-state index in [2.05, 4.69) is 5.32 Å². The summed E-state index contributed by atoms with van der Waals surface area (Å²) in [4.78, 5) is 11.5. The van der Waals surface area contributed by atoms with Crippen molar-refractivity contribution >= 4 is 5.97 Å². The molecule has 0 saturated carbocycles. The molecule has 1 N–H and O–H groups in total. The Kier molecular flexibility index (Phi) is 5.00. The highest BCUT2D eigenvalue weighted by molar-refractivity contribution is 5.90. The fraction of sp³-hybridized carbons (Fsp3) is 0.312. The number of hydrogen-bond acceptors (Lipinski definition) is 5. The molecule has 1 aromatic heterocycles. The van der Waals surface area contributed by atoms with Crippen LogP contribution in [0.5, 0.6) is 5.75 Å². The van der Waals surface area contributed by atoms with E-state index in [4.69, 9.17) is 13.9 Å². The number of furan rings is 1. The van der Waals surface area contributed by atoms with Gasteiger partial charge in [-0.2, -0.15) is 0 Å². The van der Waals surface area contributed by atoms with Gasteiger partial charge in [0.2, 0.25) is 0 Å². The molecule has 5 heteroatoms. The lowest BCUT2D eigenvalue weighted by Crippen LogP contribution is -2.12. The summed E-state index contributed by atoms with van der Waals surface area (Å²) in [6.45, 7) is 3.00. The van der Waals surface area contributed by atoms with Crippen molar-refractivity contribution in [3.8, 4) is 5.75 Å². The maximum Gasteiger partial charge on any atom is 0.341 e. The molecule has 112 valence electrons. The molecule has 0 fully saturated rings. The Morgan fingerprint density at radius 1 is 1.19 bits per heavy atom. The molecule has 1 heterocycles. The molecule has 0 aliphatic rings. The van der Waals surface area contributed by atoms with Crippen molar-refractivity contribution in [1.82, 2.24) is 5.32 Å². The first kappa shape index (κ1) is 15.1.